The van der Waals surface area contributed by atoms with Crippen LogP contribution >= 0.6 is 0 Å². The van der Waals surface area contributed by atoms with E-state index < -0.39 is 0 Å². The fraction of sp³-hybridized carbons (Fsp3) is 0.407. The molecule has 146 valence electrons. The van der Waals surface area contributed by atoms with E-state index in [0.29, 0.717) is 0 Å². The Kier molecular flexibility index (Phi) is 9.29. The molecular formula is C27H38. The minimum Gasteiger partial charge on any atom is -0.0683 e. The van der Waals surface area contributed by atoms with Crippen LogP contribution in [0.4, 0.5) is 0 Å². The zero-order chi connectivity index (χ0) is 20.4. The van der Waals surface area contributed by atoms with Crippen molar-refractivity contribution in [2.75, 3.05) is 0 Å². The largest absolute Gasteiger partial charge is 0.0683 e. The first kappa shape index (κ1) is 23.0. The van der Waals surface area contributed by atoms with Crippen LogP contribution < -0.4 is 0 Å². The van der Waals surface area contributed by atoms with Gasteiger partial charge >= 0.3 is 0 Å². The number of hydrogen-bond donors (Lipinski definition) is 0. The second kappa shape index (κ2) is 10.9. The van der Waals surface area contributed by atoms with Crippen molar-refractivity contribution in [2.45, 2.75) is 73.6 Å². The SMILES string of the molecule is CC.CC1(C)c2ccccc2-c2ccc3ccccc3c21.CCC.CCC. The lowest BCUT2D eigenvalue weighted by atomic mass is 9.80. The molecule has 0 bridgehead atoms. The van der Waals surface area contributed by atoms with Gasteiger partial charge in [-0.15, -0.1) is 0 Å². The molecule has 0 heterocycles. The molecule has 27 heavy (non-hydrogen) atoms. The average Bonchev–Trinajstić information content (AvgIpc) is 2.93. The van der Waals surface area contributed by atoms with Crippen molar-refractivity contribution in [1.82, 2.24) is 0 Å². The normalized spacial score (nSPS) is 12.3. The lowest BCUT2D eigenvalue weighted by molar-refractivity contribution is 0.666. The highest BCUT2D eigenvalue weighted by molar-refractivity contribution is 5.97. The monoisotopic (exact) mass is 362 g/mol. The summed E-state index contributed by atoms with van der Waals surface area (Å²) in [6.07, 6.45) is 2.50. The Hall–Kier alpha value is -2.08. The van der Waals surface area contributed by atoms with Gasteiger partial charge in [-0.3, -0.25) is 0 Å². The lowest BCUT2D eigenvalue weighted by Gasteiger charge is -2.23. The van der Waals surface area contributed by atoms with Crippen molar-refractivity contribution in [3.63, 3.8) is 0 Å². The Labute approximate surface area is 167 Å². The van der Waals surface area contributed by atoms with Crippen LogP contribution in [0.1, 0.15) is 79.4 Å². The van der Waals surface area contributed by atoms with Crippen molar-refractivity contribution in [2.24, 2.45) is 0 Å². The predicted octanol–water partition coefficient (Wildman–Crippen LogP) is 9.00. The Morgan fingerprint density at radius 2 is 1.15 bits per heavy atom. The van der Waals surface area contributed by atoms with Crippen LogP contribution in [-0.2, 0) is 5.41 Å². The lowest BCUT2D eigenvalue weighted by Crippen LogP contribution is -2.15. The van der Waals surface area contributed by atoms with E-state index in [1.54, 1.807) is 0 Å². The third-order valence-electron chi connectivity index (χ3n) is 4.44. The predicted molar refractivity (Wildman–Crippen MR) is 125 cm³/mol. The standard InChI is InChI=1S/C19H16.2C3H8.C2H6/c1-19(2)17-10-6-5-9-15(17)16-12-11-13-7-3-4-8-14(13)18(16)19;2*1-3-2;1-2/h3-12H,1-2H3;2*3H2,1-2H3;1-2H3. The first-order chi connectivity index (χ1) is 13.0. The van der Waals surface area contributed by atoms with Crippen LogP contribution in [0.15, 0.2) is 60.7 Å². The van der Waals surface area contributed by atoms with Gasteiger partial charge in [-0.2, -0.15) is 0 Å². The van der Waals surface area contributed by atoms with Crippen LogP contribution in [0, 0.1) is 0 Å². The molecule has 1 aliphatic carbocycles. The highest BCUT2D eigenvalue weighted by Gasteiger charge is 2.36. The molecule has 0 aliphatic heterocycles. The van der Waals surface area contributed by atoms with Crippen molar-refractivity contribution in [3.8, 4) is 11.1 Å². The van der Waals surface area contributed by atoms with Gasteiger partial charge in [-0.25, -0.2) is 0 Å². The summed E-state index contributed by atoms with van der Waals surface area (Å²) in [5, 5.41) is 2.73. The maximum Gasteiger partial charge on any atom is 0.0165 e. The molecule has 0 saturated carbocycles. The highest BCUT2D eigenvalue weighted by Crippen LogP contribution is 2.50. The Morgan fingerprint density at radius 1 is 0.630 bits per heavy atom. The molecule has 0 aromatic heterocycles. The van der Waals surface area contributed by atoms with Crippen molar-refractivity contribution in [3.05, 3.63) is 71.8 Å². The van der Waals surface area contributed by atoms with Crippen LogP contribution in [0.25, 0.3) is 21.9 Å². The third-order valence-corrected chi connectivity index (χ3v) is 4.44. The smallest absolute Gasteiger partial charge is 0.0165 e. The van der Waals surface area contributed by atoms with Gasteiger partial charge in [0.15, 0.2) is 0 Å². The van der Waals surface area contributed by atoms with E-state index in [4.69, 9.17) is 0 Å². The quantitative estimate of drug-likeness (QED) is 0.374. The number of rotatable bonds is 0. The molecule has 3 aromatic rings. The highest BCUT2D eigenvalue weighted by atomic mass is 14.4. The molecule has 0 radical (unpaired) electrons. The number of hydrogen-bond acceptors (Lipinski definition) is 0. The van der Waals surface area contributed by atoms with Gasteiger partial charge < -0.3 is 0 Å². The second-order valence-electron chi connectivity index (χ2n) is 7.29. The topological polar surface area (TPSA) is 0 Å². The first-order valence-electron chi connectivity index (χ1n) is 10.6. The van der Waals surface area contributed by atoms with E-state index in [2.05, 4.69) is 102 Å². The summed E-state index contributed by atoms with van der Waals surface area (Å²) < 4.78 is 0. The van der Waals surface area contributed by atoms with Gasteiger partial charge in [0.25, 0.3) is 0 Å². The fourth-order valence-corrected chi connectivity index (χ4v) is 3.57. The number of fused-ring (bicyclic) bond motifs is 5. The summed E-state index contributed by atoms with van der Waals surface area (Å²) in [6.45, 7) is 17.2. The van der Waals surface area contributed by atoms with E-state index >= 15 is 0 Å². The van der Waals surface area contributed by atoms with Gasteiger partial charge in [0.2, 0.25) is 0 Å². The van der Waals surface area contributed by atoms with Crippen LogP contribution in [0.5, 0.6) is 0 Å². The molecule has 0 heteroatoms. The van der Waals surface area contributed by atoms with E-state index in [9.17, 15) is 0 Å². The summed E-state index contributed by atoms with van der Waals surface area (Å²) in [7, 11) is 0. The molecule has 0 nitrogen and oxygen atoms in total. The van der Waals surface area contributed by atoms with Crippen molar-refractivity contribution in [1.29, 1.82) is 0 Å². The molecule has 0 unspecified atom stereocenters. The maximum absolute atomic E-state index is 2.34. The molecule has 0 amide bonds. The average molecular weight is 363 g/mol. The van der Waals surface area contributed by atoms with Crippen LogP contribution in [0.2, 0.25) is 0 Å². The molecule has 4 rings (SSSR count). The Bertz CT molecular complexity index is 822. The minimum atomic E-state index is 0.0901. The van der Waals surface area contributed by atoms with E-state index in [0.717, 1.165) is 0 Å². The maximum atomic E-state index is 2.34. The van der Waals surface area contributed by atoms with E-state index in [1.165, 1.54) is 45.9 Å². The Balaban J connectivity index is 0.000000399. The van der Waals surface area contributed by atoms with Gasteiger partial charge in [-0.05, 0) is 33.0 Å². The first-order valence-corrected chi connectivity index (χ1v) is 10.6. The Morgan fingerprint density at radius 3 is 1.78 bits per heavy atom. The molecule has 0 fully saturated rings. The summed E-state index contributed by atoms with van der Waals surface area (Å²) in [5.74, 6) is 0. The molecule has 3 aromatic carbocycles. The molecule has 0 saturated heterocycles. The molecule has 1 aliphatic rings. The summed E-state index contributed by atoms with van der Waals surface area (Å²) in [5.41, 5.74) is 5.81. The van der Waals surface area contributed by atoms with E-state index in [-0.39, 0.29) is 5.41 Å². The van der Waals surface area contributed by atoms with Crippen molar-refractivity contribution >= 4 is 10.8 Å². The zero-order valence-corrected chi connectivity index (χ0v) is 18.7. The molecule has 0 N–H and O–H groups in total. The summed E-state index contributed by atoms with van der Waals surface area (Å²) >= 11 is 0. The molecular weight excluding hydrogens is 324 g/mol. The van der Waals surface area contributed by atoms with E-state index in [1.807, 2.05) is 13.8 Å². The van der Waals surface area contributed by atoms with Gasteiger partial charge in [0.05, 0.1) is 0 Å². The second-order valence-corrected chi connectivity index (χ2v) is 7.29. The molecule has 0 spiro atoms. The van der Waals surface area contributed by atoms with Crippen LogP contribution in [-0.4, -0.2) is 0 Å². The summed E-state index contributed by atoms with van der Waals surface area (Å²) in [6, 6.07) is 22.0. The minimum absolute atomic E-state index is 0.0901. The van der Waals surface area contributed by atoms with Gasteiger partial charge in [0.1, 0.15) is 0 Å². The van der Waals surface area contributed by atoms with Gasteiger partial charge in [-0.1, -0.05) is 129 Å². The van der Waals surface area contributed by atoms with Crippen LogP contribution in [0.3, 0.4) is 0 Å². The summed E-state index contributed by atoms with van der Waals surface area (Å²) in [4.78, 5) is 0. The zero-order valence-electron chi connectivity index (χ0n) is 18.7. The third kappa shape index (κ3) is 4.80. The molecule has 0 atom stereocenters. The fourth-order valence-electron chi connectivity index (χ4n) is 3.57. The van der Waals surface area contributed by atoms with Crippen molar-refractivity contribution < 1.29 is 0 Å². The van der Waals surface area contributed by atoms with Gasteiger partial charge in [0, 0.05) is 5.41 Å². The number of benzene rings is 3.